The summed E-state index contributed by atoms with van der Waals surface area (Å²) in [5, 5.41) is 4.95. The lowest BCUT2D eigenvalue weighted by atomic mass is 9.94. The van der Waals surface area contributed by atoms with Crippen molar-refractivity contribution in [3.63, 3.8) is 0 Å². The summed E-state index contributed by atoms with van der Waals surface area (Å²) in [5.41, 5.74) is -2.41. The van der Waals surface area contributed by atoms with Crippen LogP contribution in [0.5, 0.6) is 0 Å². The number of ketones is 2. The maximum Gasteiger partial charge on any atom is 0.408 e. The fourth-order valence-corrected chi connectivity index (χ4v) is 3.64. The number of alkyl carbamates (subject to hydrolysis) is 1. The smallest absolute Gasteiger partial charge is 0.408 e. The minimum absolute atomic E-state index is 0.0639. The number of Topliss-reactive ketones (excluding diaryl/α,β-unsaturated/α-hetero) is 2. The van der Waals surface area contributed by atoms with Gasteiger partial charge in [0, 0.05) is 25.7 Å². The highest BCUT2D eigenvalue weighted by molar-refractivity contribution is 5.94. The van der Waals surface area contributed by atoms with E-state index in [1.807, 2.05) is 6.92 Å². The van der Waals surface area contributed by atoms with Crippen LogP contribution >= 0.6 is 0 Å². The van der Waals surface area contributed by atoms with Crippen LogP contribution in [0.2, 0.25) is 0 Å². The summed E-state index contributed by atoms with van der Waals surface area (Å²) >= 11 is 0. The first-order valence-corrected chi connectivity index (χ1v) is 14.4. The van der Waals surface area contributed by atoms with Gasteiger partial charge >= 0.3 is 18.0 Å². The molecule has 11 heteroatoms. The third-order valence-corrected chi connectivity index (χ3v) is 5.40. The molecule has 2 N–H and O–H groups in total. The van der Waals surface area contributed by atoms with Crippen LogP contribution in [0.15, 0.2) is 0 Å². The molecule has 0 aromatic rings. The molecule has 0 aliphatic heterocycles. The van der Waals surface area contributed by atoms with E-state index in [2.05, 4.69) is 10.6 Å². The lowest BCUT2D eigenvalue weighted by molar-refractivity contribution is -0.162. The van der Waals surface area contributed by atoms with E-state index < -0.39 is 58.7 Å². The van der Waals surface area contributed by atoms with Crippen LogP contribution in [-0.2, 0) is 38.2 Å². The van der Waals surface area contributed by atoms with Gasteiger partial charge in [-0.15, -0.1) is 0 Å². The van der Waals surface area contributed by atoms with Crippen molar-refractivity contribution in [3.05, 3.63) is 0 Å². The van der Waals surface area contributed by atoms with Gasteiger partial charge in [0.25, 0.3) is 0 Å². The van der Waals surface area contributed by atoms with E-state index in [1.54, 1.807) is 69.2 Å². The van der Waals surface area contributed by atoms with E-state index in [9.17, 15) is 28.8 Å². The number of hydrogen-bond acceptors (Lipinski definition) is 9. The maximum absolute atomic E-state index is 13.2. The monoisotopic (exact) mass is 584 g/mol. The number of carbonyl (C=O) groups is 6. The quantitative estimate of drug-likeness (QED) is 0.208. The van der Waals surface area contributed by atoms with Crippen LogP contribution in [0.4, 0.5) is 4.79 Å². The second kappa shape index (κ2) is 16.5. The van der Waals surface area contributed by atoms with Crippen LogP contribution in [0.25, 0.3) is 0 Å². The summed E-state index contributed by atoms with van der Waals surface area (Å²) in [6, 6.07) is -2.55. The highest BCUT2D eigenvalue weighted by atomic mass is 16.6. The topological polar surface area (TPSA) is 154 Å². The lowest BCUT2D eigenvalue weighted by Crippen LogP contribution is -2.53. The summed E-state index contributed by atoms with van der Waals surface area (Å²) in [7, 11) is 0. The van der Waals surface area contributed by atoms with Crippen LogP contribution < -0.4 is 10.6 Å². The number of rotatable bonds is 15. The highest BCUT2D eigenvalue weighted by Crippen LogP contribution is 2.20. The Labute approximate surface area is 245 Å². The fraction of sp³-hybridized carbons (Fsp3) is 0.800. The van der Waals surface area contributed by atoms with Gasteiger partial charge in [-0.3, -0.25) is 19.2 Å². The van der Waals surface area contributed by atoms with E-state index in [-0.39, 0.29) is 43.7 Å². The van der Waals surface area contributed by atoms with Crippen molar-refractivity contribution in [1.82, 2.24) is 10.6 Å². The average molecular weight is 585 g/mol. The van der Waals surface area contributed by atoms with Crippen molar-refractivity contribution in [2.45, 2.75) is 150 Å². The summed E-state index contributed by atoms with van der Waals surface area (Å²) in [6.07, 6.45) is -0.206. The van der Waals surface area contributed by atoms with E-state index in [4.69, 9.17) is 14.2 Å². The molecule has 2 amide bonds. The Bertz CT molecular complexity index is 924. The van der Waals surface area contributed by atoms with Gasteiger partial charge in [-0.2, -0.15) is 0 Å². The zero-order chi connectivity index (χ0) is 32.2. The molecule has 0 saturated heterocycles. The molecular weight excluding hydrogens is 532 g/mol. The Morgan fingerprint density at radius 3 is 1.59 bits per heavy atom. The molecule has 236 valence electrons. The zero-order valence-corrected chi connectivity index (χ0v) is 26.9. The number of esters is 2. The molecule has 0 aromatic carbocycles. The molecule has 0 fully saturated rings. The molecule has 0 aliphatic rings. The van der Waals surface area contributed by atoms with Gasteiger partial charge < -0.3 is 24.8 Å². The Morgan fingerprint density at radius 2 is 1.12 bits per heavy atom. The van der Waals surface area contributed by atoms with E-state index in [0.717, 1.165) is 0 Å². The Kier molecular flexibility index (Phi) is 15.3. The summed E-state index contributed by atoms with van der Waals surface area (Å²) in [4.78, 5) is 76.3. The van der Waals surface area contributed by atoms with Gasteiger partial charge in [0.05, 0.1) is 5.92 Å². The Balaban J connectivity index is 5.75. The lowest BCUT2D eigenvalue weighted by Gasteiger charge is -2.27. The molecule has 11 nitrogen and oxygen atoms in total. The summed E-state index contributed by atoms with van der Waals surface area (Å²) in [5.74, 6) is -3.20. The van der Waals surface area contributed by atoms with Crippen LogP contribution in [0, 0.1) is 5.92 Å². The average Bonchev–Trinajstić information content (AvgIpc) is 2.77. The van der Waals surface area contributed by atoms with Gasteiger partial charge in [-0.1, -0.05) is 20.3 Å². The van der Waals surface area contributed by atoms with Gasteiger partial charge in [0.15, 0.2) is 0 Å². The van der Waals surface area contributed by atoms with Crippen LogP contribution in [0.1, 0.15) is 121 Å². The minimum Gasteiger partial charge on any atom is -0.460 e. The van der Waals surface area contributed by atoms with Crippen LogP contribution in [0.3, 0.4) is 0 Å². The first kappa shape index (κ1) is 38.0. The number of amides is 2. The third-order valence-electron chi connectivity index (χ3n) is 5.40. The van der Waals surface area contributed by atoms with Crippen molar-refractivity contribution >= 4 is 35.5 Å². The minimum atomic E-state index is -1.31. The molecule has 0 rings (SSSR count). The second-order valence-electron chi connectivity index (χ2n) is 13.2. The first-order valence-electron chi connectivity index (χ1n) is 14.4. The maximum atomic E-state index is 13.2. The Hall–Kier alpha value is -2.98. The molecule has 41 heavy (non-hydrogen) atoms. The third kappa shape index (κ3) is 18.1. The van der Waals surface area contributed by atoms with Gasteiger partial charge in [-0.05, 0) is 75.2 Å². The molecule has 3 atom stereocenters. The second-order valence-corrected chi connectivity index (χ2v) is 13.2. The van der Waals surface area contributed by atoms with Crippen LogP contribution in [-0.4, -0.2) is 64.4 Å². The molecule has 0 radical (unpaired) electrons. The fourth-order valence-electron chi connectivity index (χ4n) is 3.64. The number of hydrogen-bond donors (Lipinski definition) is 2. The van der Waals surface area contributed by atoms with E-state index >= 15 is 0 Å². The standard InChI is InChI=1S/C30H52N2O9/c1-12-14-19(25(36)39-28(3,4)5)17-21(34)15-16-22(26(37)40-29(6,7)8)31-24(35)23(18-20(33)13-2)32-27(38)41-30(9,10)11/h19,22-23H,12-18H2,1-11H3,(H,31,35)(H,32,38)/t19-,22+,23+/m1/s1. The van der Waals surface area contributed by atoms with Crippen molar-refractivity contribution in [3.8, 4) is 0 Å². The van der Waals surface area contributed by atoms with Gasteiger partial charge in [0.1, 0.15) is 40.5 Å². The van der Waals surface area contributed by atoms with Gasteiger partial charge in [0.2, 0.25) is 5.91 Å². The van der Waals surface area contributed by atoms with Gasteiger partial charge in [-0.25, -0.2) is 9.59 Å². The predicted octanol–water partition coefficient (Wildman–Crippen LogP) is 4.57. The van der Waals surface area contributed by atoms with E-state index in [0.29, 0.717) is 12.8 Å². The Morgan fingerprint density at radius 1 is 0.610 bits per heavy atom. The predicted molar refractivity (Wildman–Crippen MR) is 154 cm³/mol. The molecule has 0 aliphatic carbocycles. The molecular formula is C30H52N2O9. The molecule has 0 spiro atoms. The summed E-state index contributed by atoms with van der Waals surface area (Å²) < 4.78 is 16.1. The molecule has 0 aromatic heterocycles. The van der Waals surface area contributed by atoms with Crippen molar-refractivity contribution in [2.24, 2.45) is 5.92 Å². The zero-order valence-electron chi connectivity index (χ0n) is 26.9. The van der Waals surface area contributed by atoms with Crippen molar-refractivity contribution in [2.75, 3.05) is 0 Å². The molecule has 0 unspecified atom stereocenters. The summed E-state index contributed by atoms with van der Waals surface area (Å²) in [6.45, 7) is 18.7. The molecule has 0 bridgehead atoms. The first-order chi connectivity index (χ1) is 18.6. The van der Waals surface area contributed by atoms with Crippen molar-refractivity contribution in [1.29, 1.82) is 0 Å². The van der Waals surface area contributed by atoms with E-state index in [1.165, 1.54) is 0 Å². The number of carbonyl (C=O) groups excluding carboxylic acids is 6. The SMILES string of the molecule is CCC[C@H](CC(=O)CC[C@H](NC(=O)[C@H](CC(=O)CC)NC(=O)OC(C)(C)C)C(=O)OC(C)(C)C)C(=O)OC(C)(C)C. The highest BCUT2D eigenvalue weighted by Gasteiger charge is 2.33. The molecule has 0 saturated carbocycles. The van der Waals surface area contributed by atoms with Crippen molar-refractivity contribution < 1.29 is 43.0 Å². The normalized spacial score (nSPS) is 14.2. The molecule has 0 heterocycles. The largest absolute Gasteiger partial charge is 0.460 e. The number of ether oxygens (including phenoxy) is 3. The number of nitrogens with one attached hydrogen (secondary N) is 2.